The lowest BCUT2D eigenvalue weighted by atomic mass is 9.71. The van der Waals surface area contributed by atoms with Gasteiger partial charge in [0.1, 0.15) is 5.75 Å². The minimum absolute atomic E-state index is 0.0901. The normalized spacial score (nSPS) is 19.7. The quantitative estimate of drug-likeness (QED) is 0.234. The number of allylic oxidation sites excluding steroid dienone is 4. The van der Waals surface area contributed by atoms with Crippen LogP contribution in [0.4, 0.5) is 0 Å². The minimum Gasteiger partial charge on any atom is -0.543 e. The van der Waals surface area contributed by atoms with Crippen LogP contribution in [0.2, 0.25) is 36.3 Å². The van der Waals surface area contributed by atoms with Crippen molar-refractivity contribution in [1.29, 1.82) is 0 Å². The van der Waals surface area contributed by atoms with Gasteiger partial charge in [0.25, 0.3) is 16.6 Å². The molecule has 0 amide bonds. The van der Waals surface area contributed by atoms with Crippen LogP contribution in [0.15, 0.2) is 23.8 Å². The van der Waals surface area contributed by atoms with E-state index in [4.69, 9.17) is 13.6 Å². The topological polar surface area (TPSA) is 27.7 Å². The number of rotatable bonds is 8. The highest BCUT2D eigenvalue weighted by Gasteiger charge is 2.45. The molecule has 0 aromatic heterocycles. The van der Waals surface area contributed by atoms with Crippen LogP contribution < -0.4 is 13.6 Å². The van der Waals surface area contributed by atoms with Gasteiger partial charge in [-0.3, -0.25) is 0 Å². The summed E-state index contributed by atoms with van der Waals surface area (Å²) in [5.41, 5.74) is 5.10. The van der Waals surface area contributed by atoms with Gasteiger partial charge in [-0.05, 0) is 87.6 Å². The van der Waals surface area contributed by atoms with E-state index in [1.165, 1.54) is 16.7 Å². The molecule has 1 aromatic rings. The van der Waals surface area contributed by atoms with Crippen LogP contribution in [0.3, 0.4) is 0 Å². The van der Waals surface area contributed by atoms with Crippen molar-refractivity contribution in [1.82, 2.24) is 0 Å². The number of hydrogen-bond donors (Lipinski definition) is 0. The summed E-state index contributed by atoms with van der Waals surface area (Å²) in [4.78, 5) is 0. The predicted octanol–water partition coefficient (Wildman–Crippen LogP) is 10.9. The Balaban J connectivity index is 2.95. The Morgan fingerprint density at radius 2 is 1.34 bits per heavy atom. The van der Waals surface area contributed by atoms with E-state index < -0.39 is 16.6 Å². The van der Waals surface area contributed by atoms with Crippen LogP contribution >= 0.6 is 0 Å². The molecule has 0 bridgehead atoms. The summed E-state index contributed by atoms with van der Waals surface area (Å²) in [7, 11) is -2.43. The van der Waals surface area contributed by atoms with Gasteiger partial charge in [0.2, 0.25) is 0 Å². The molecule has 1 aromatic carbocycles. The standard InChI is InChI=1S/C33H58O3Si2/c1-22(2)18-17-19-23(3)26-21-20-24(4)27-28(26)29(35-37(13,14)32(6,7)8)25(5)30(34-12)31(27)36-38(15,16)33(9,10)11/h17-19,23-24,26H,20-21H2,1-16H3/b19-17+/t23-,24-,26+/m0/s1. The fraction of sp³-hybridized carbons (Fsp3) is 0.697. The molecule has 0 heterocycles. The van der Waals surface area contributed by atoms with E-state index in [1.807, 2.05) is 0 Å². The second-order valence-electron chi connectivity index (χ2n) is 14.9. The molecule has 3 nitrogen and oxygen atoms in total. The molecule has 38 heavy (non-hydrogen) atoms. The van der Waals surface area contributed by atoms with Crippen molar-refractivity contribution in [3.63, 3.8) is 0 Å². The first-order chi connectivity index (χ1) is 17.2. The molecule has 0 aliphatic heterocycles. The smallest absolute Gasteiger partial charge is 0.250 e. The highest BCUT2D eigenvalue weighted by molar-refractivity contribution is 6.75. The lowest BCUT2D eigenvalue weighted by Gasteiger charge is -2.43. The van der Waals surface area contributed by atoms with Crippen LogP contribution in [0.25, 0.3) is 0 Å². The number of ether oxygens (including phenoxy) is 1. The molecule has 0 saturated carbocycles. The van der Waals surface area contributed by atoms with E-state index in [2.05, 4.69) is 121 Å². The second-order valence-corrected chi connectivity index (χ2v) is 24.4. The Morgan fingerprint density at radius 3 is 1.79 bits per heavy atom. The molecule has 2 rings (SSSR count). The molecular weight excluding hydrogens is 501 g/mol. The Hall–Kier alpha value is -1.47. The second kappa shape index (κ2) is 11.6. The van der Waals surface area contributed by atoms with Gasteiger partial charge in [0, 0.05) is 16.7 Å². The molecule has 216 valence electrons. The molecular formula is C33H58O3Si2. The first-order valence-corrected chi connectivity index (χ1v) is 20.4. The molecule has 1 aliphatic rings. The summed E-state index contributed by atoms with van der Waals surface area (Å²) in [6.07, 6.45) is 9.10. The van der Waals surface area contributed by atoms with Gasteiger partial charge in [-0.25, -0.2) is 0 Å². The summed E-state index contributed by atoms with van der Waals surface area (Å²) < 4.78 is 20.6. The predicted molar refractivity (Wildman–Crippen MR) is 172 cm³/mol. The van der Waals surface area contributed by atoms with E-state index in [0.717, 1.165) is 35.7 Å². The van der Waals surface area contributed by atoms with Crippen LogP contribution in [0.1, 0.15) is 111 Å². The van der Waals surface area contributed by atoms with Gasteiger partial charge in [-0.2, -0.15) is 0 Å². The summed E-state index contributed by atoms with van der Waals surface area (Å²) in [5.74, 6) is 4.03. The maximum absolute atomic E-state index is 7.24. The third kappa shape index (κ3) is 6.81. The highest BCUT2D eigenvalue weighted by Crippen LogP contribution is 2.57. The average Bonchev–Trinajstić information content (AvgIpc) is 2.74. The van der Waals surface area contributed by atoms with E-state index >= 15 is 0 Å². The van der Waals surface area contributed by atoms with Gasteiger partial charge in [0.05, 0.1) is 7.11 Å². The number of hydrogen-bond acceptors (Lipinski definition) is 3. The molecule has 0 unspecified atom stereocenters. The van der Waals surface area contributed by atoms with Crippen molar-refractivity contribution in [2.45, 2.75) is 137 Å². The maximum atomic E-state index is 7.24. The summed E-state index contributed by atoms with van der Waals surface area (Å²) in [6, 6.07) is 0. The maximum Gasteiger partial charge on any atom is 0.250 e. The summed E-state index contributed by atoms with van der Waals surface area (Å²) >= 11 is 0. The van der Waals surface area contributed by atoms with Crippen LogP contribution in [0.5, 0.6) is 17.2 Å². The molecule has 0 N–H and O–H groups in total. The lowest BCUT2D eigenvalue weighted by Crippen LogP contribution is -2.45. The van der Waals surface area contributed by atoms with Crippen molar-refractivity contribution in [3.05, 3.63) is 40.5 Å². The Bertz CT molecular complexity index is 1050. The molecule has 5 heteroatoms. The number of fused-ring (bicyclic) bond motifs is 1. The van der Waals surface area contributed by atoms with E-state index in [-0.39, 0.29) is 10.1 Å². The van der Waals surface area contributed by atoms with Crippen LogP contribution in [-0.4, -0.2) is 23.7 Å². The zero-order chi connectivity index (χ0) is 29.4. The Morgan fingerprint density at radius 1 is 0.842 bits per heavy atom. The highest BCUT2D eigenvalue weighted by atomic mass is 28.4. The van der Waals surface area contributed by atoms with Crippen molar-refractivity contribution in [2.24, 2.45) is 5.92 Å². The molecule has 0 saturated heterocycles. The number of methoxy groups -OCH3 is 1. The van der Waals surface area contributed by atoms with Crippen LogP contribution in [0, 0.1) is 12.8 Å². The molecule has 3 atom stereocenters. The van der Waals surface area contributed by atoms with Crippen molar-refractivity contribution in [3.8, 4) is 17.2 Å². The zero-order valence-corrected chi connectivity index (χ0v) is 29.6. The van der Waals surface area contributed by atoms with Gasteiger partial charge in [-0.1, -0.05) is 79.2 Å². The molecule has 0 spiro atoms. The average molecular weight is 559 g/mol. The van der Waals surface area contributed by atoms with Crippen molar-refractivity contribution in [2.75, 3.05) is 7.11 Å². The van der Waals surface area contributed by atoms with E-state index in [9.17, 15) is 0 Å². The van der Waals surface area contributed by atoms with Gasteiger partial charge >= 0.3 is 0 Å². The zero-order valence-electron chi connectivity index (χ0n) is 27.6. The monoisotopic (exact) mass is 558 g/mol. The fourth-order valence-electron chi connectivity index (χ4n) is 4.80. The first kappa shape index (κ1) is 32.7. The van der Waals surface area contributed by atoms with E-state index in [0.29, 0.717) is 17.8 Å². The molecule has 0 fully saturated rings. The summed E-state index contributed by atoms with van der Waals surface area (Å²) in [5, 5.41) is 0.188. The lowest BCUT2D eigenvalue weighted by molar-refractivity contribution is 0.359. The van der Waals surface area contributed by atoms with Crippen LogP contribution in [-0.2, 0) is 0 Å². The van der Waals surface area contributed by atoms with Gasteiger partial charge in [-0.15, -0.1) is 0 Å². The largest absolute Gasteiger partial charge is 0.543 e. The van der Waals surface area contributed by atoms with Crippen molar-refractivity contribution < 1.29 is 13.6 Å². The number of benzene rings is 1. The minimum atomic E-state index is -2.12. The third-order valence-electron chi connectivity index (χ3n) is 9.45. The Kier molecular flexibility index (Phi) is 9.97. The summed E-state index contributed by atoms with van der Waals surface area (Å²) in [6.45, 7) is 34.5. The molecule has 1 aliphatic carbocycles. The van der Waals surface area contributed by atoms with Crippen molar-refractivity contribution >= 4 is 16.6 Å². The molecule has 0 radical (unpaired) electrons. The van der Waals surface area contributed by atoms with Gasteiger partial charge in [0.15, 0.2) is 11.5 Å². The Labute approximate surface area is 237 Å². The van der Waals surface area contributed by atoms with Gasteiger partial charge < -0.3 is 13.6 Å². The van der Waals surface area contributed by atoms with E-state index in [1.54, 1.807) is 7.11 Å². The fourth-order valence-corrected chi connectivity index (χ4v) is 6.89. The SMILES string of the molecule is COc1c(C)c(O[Si](C)(C)C(C)(C)C)c2c(c1O[Si](C)(C)C(C)(C)C)[C@@H](C)CC[C@@H]2[C@@H](C)/C=C/C=C(C)C. The first-order valence-electron chi connectivity index (χ1n) is 14.6. The third-order valence-corrected chi connectivity index (χ3v) is 18.1.